The van der Waals surface area contributed by atoms with E-state index in [4.69, 9.17) is 14.2 Å². The summed E-state index contributed by atoms with van der Waals surface area (Å²) in [5.41, 5.74) is 5.02. The highest BCUT2D eigenvalue weighted by molar-refractivity contribution is 14.1. The number of ketones is 2. The first kappa shape index (κ1) is 29.2. The number of allylic oxidation sites excluding steroid dienone is 4. The summed E-state index contributed by atoms with van der Waals surface area (Å²) in [5, 5.41) is 11.2. The van der Waals surface area contributed by atoms with Crippen LogP contribution < -0.4 is 9.47 Å². The van der Waals surface area contributed by atoms with Gasteiger partial charge in [0.25, 0.3) is 5.69 Å². The molecule has 0 aromatic heterocycles. The first-order chi connectivity index (χ1) is 19.8. The molecule has 0 bridgehead atoms. The lowest BCUT2D eigenvalue weighted by molar-refractivity contribution is -0.384. The highest BCUT2D eigenvalue weighted by Gasteiger charge is 2.43. The molecule has 10 heteroatoms. The molecule has 41 heavy (non-hydrogen) atoms. The number of nitro benzene ring substituents is 1. The van der Waals surface area contributed by atoms with Gasteiger partial charge in [-0.15, -0.1) is 0 Å². The third kappa shape index (κ3) is 5.90. The summed E-state index contributed by atoms with van der Waals surface area (Å²) in [5.74, 6) is 0.729. The fraction of sp³-hybridized carbons (Fsp3) is 0.419. The van der Waals surface area contributed by atoms with Gasteiger partial charge in [-0.1, -0.05) is 12.1 Å². The van der Waals surface area contributed by atoms with Gasteiger partial charge in [0.2, 0.25) is 0 Å². The van der Waals surface area contributed by atoms with Gasteiger partial charge in [-0.3, -0.25) is 19.7 Å². The molecule has 0 radical (unpaired) electrons. The molecule has 0 amide bonds. The maximum Gasteiger partial charge on any atom is 0.269 e. The second-order valence-corrected chi connectivity index (χ2v) is 11.6. The van der Waals surface area contributed by atoms with E-state index in [1.165, 1.54) is 12.1 Å². The van der Waals surface area contributed by atoms with Crippen LogP contribution in [0.5, 0.6) is 11.5 Å². The predicted octanol–water partition coefficient (Wildman–Crippen LogP) is 6.24. The van der Waals surface area contributed by atoms with Gasteiger partial charge < -0.3 is 19.1 Å². The van der Waals surface area contributed by atoms with E-state index in [0.29, 0.717) is 43.1 Å². The van der Waals surface area contributed by atoms with Crippen LogP contribution in [0.2, 0.25) is 0 Å². The van der Waals surface area contributed by atoms with Crippen LogP contribution in [0.3, 0.4) is 0 Å². The van der Waals surface area contributed by atoms with Gasteiger partial charge in [-0.2, -0.15) is 0 Å². The van der Waals surface area contributed by atoms with E-state index in [9.17, 15) is 19.7 Å². The van der Waals surface area contributed by atoms with Crippen molar-refractivity contribution < 1.29 is 28.7 Å². The number of halogens is 1. The maximum absolute atomic E-state index is 13.6. The number of nitro groups is 1. The molecule has 2 aromatic carbocycles. The van der Waals surface area contributed by atoms with E-state index in [-0.39, 0.29) is 23.9 Å². The molecule has 0 unspecified atom stereocenters. The largest absolute Gasteiger partial charge is 0.493 e. The topological polar surface area (TPSA) is 108 Å². The minimum Gasteiger partial charge on any atom is -0.493 e. The molecule has 5 rings (SSSR count). The third-order valence-electron chi connectivity index (χ3n) is 7.91. The summed E-state index contributed by atoms with van der Waals surface area (Å²) < 4.78 is 17.9. The zero-order valence-corrected chi connectivity index (χ0v) is 25.4. The predicted molar refractivity (Wildman–Crippen MR) is 161 cm³/mol. The fourth-order valence-corrected chi connectivity index (χ4v) is 6.93. The summed E-state index contributed by atoms with van der Waals surface area (Å²) in [7, 11) is 3.24. The molecule has 1 aliphatic heterocycles. The van der Waals surface area contributed by atoms with Crippen molar-refractivity contribution >= 4 is 39.8 Å². The SMILES string of the molecule is COCCCN1C2=C(C(=O)CCC2)C(c2cc(I)c(OCc3cccc([N+](=O)[O-])c3)c(OC)c2)C2=C1CCCC2=O. The standard InChI is InChI=1S/C31H33IN2O7/c1-39-14-6-13-33-23-9-4-11-25(35)29(23)28(30-24(33)10-5-12-26(30)36)20-16-22(32)31(27(17-20)40-2)41-18-19-7-3-8-21(15-19)34(37)38/h3,7-8,15-17,28H,4-6,9-14,18H2,1-2H3. The normalized spacial score (nSPS) is 17.5. The summed E-state index contributed by atoms with van der Waals surface area (Å²) >= 11 is 2.18. The van der Waals surface area contributed by atoms with Crippen molar-refractivity contribution in [3.05, 3.63) is 83.7 Å². The van der Waals surface area contributed by atoms with Gasteiger partial charge in [-0.05, 0) is 78.0 Å². The van der Waals surface area contributed by atoms with Gasteiger partial charge in [-0.25, -0.2) is 0 Å². The maximum atomic E-state index is 13.6. The smallest absolute Gasteiger partial charge is 0.269 e. The van der Waals surface area contributed by atoms with Crippen LogP contribution in [0.1, 0.15) is 62.0 Å². The highest BCUT2D eigenvalue weighted by Crippen LogP contribution is 2.50. The number of carbonyl (C=O) groups excluding carboxylic acids is 2. The summed E-state index contributed by atoms with van der Waals surface area (Å²) in [6.07, 6.45) is 4.94. The molecule has 0 spiro atoms. The number of carbonyl (C=O) groups is 2. The zero-order valence-electron chi connectivity index (χ0n) is 23.2. The number of non-ortho nitro benzene ring substituents is 1. The number of methoxy groups -OCH3 is 2. The third-order valence-corrected chi connectivity index (χ3v) is 8.71. The Labute approximate surface area is 252 Å². The molecule has 216 valence electrons. The van der Waals surface area contributed by atoms with E-state index in [1.54, 1.807) is 26.4 Å². The van der Waals surface area contributed by atoms with E-state index in [0.717, 1.165) is 63.8 Å². The lowest BCUT2D eigenvalue weighted by Gasteiger charge is -2.44. The van der Waals surface area contributed by atoms with Crippen molar-refractivity contribution in [3.8, 4) is 11.5 Å². The molecule has 9 nitrogen and oxygen atoms in total. The first-order valence-corrected chi connectivity index (χ1v) is 14.9. The van der Waals surface area contributed by atoms with Crippen LogP contribution in [-0.2, 0) is 20.9 Å². The Morgan fingerprint density at radius 2 is 1.68 bits per heavy atom. The second kappa shape index (κ2) is 12.7. The van der Waals surface area contributed by atoms with Crippen LogP contribution in [-0.4, -0.2) is 48.8 Å². The van der Waals surface area contributed by atoms with Gasteiger partial charge in [0.05, 0.1) is 15.6 Å². The molecular weight excluding hydrogens is 639 g/mol. The van der Waals surface area contributed by atoms with E-state index < -0.39 is 10.8 Å². The molecule has 2 aliphatic carbocycles. The summed E-state index contributed by atoms with van der Waals surface area (Å²) in [6.45, 7) is 1.44. The number of rotatable bonds is 10. The first-order valence-electron chi connectivity index (χ1n) is 13.9. The number of nitrogens with zero attached hydrogens (tertiary/aromatic N) is 2. The Morgan fingerprint density at radius 1 is 1.00 bits per heavy atom. The molecule has 0 saturated carbocycles. The summed E-state index contributed by atoms with van der Waals surface area (Å²) in [6, 6.07) is 10.2. The number of Topliss-reactive ketones (excluding diaryl/α,β-unsaturated/α-hetero) is 2. The molecule has 1 heterocycles. The van der Waals surface area contributed by atoms with Crippen LogP contribution in [0, 0.1) is 13.7 Å². The van der Waals surface area contributed by atoms with Gasteiger partial charge in [0.1, 0.15) is 6.61 Å². The van der Waals surface area contributed by atoms with Crippen molar-refractivity contribution in [1.82, 2.24) is 4.90 Å². The van der Waals surface area contributed by atoms with E-state index >= 15 is 0 Å². The van der Waals surface area contributed by atoms with Crippen molar-refractivity contribution in [2.45, 2.75) is 57.5 Å². The van der Waals surface area contributed by atoms with E-state index in [1.807, 2.05) is 12.1 Å². The fourth-order valence-electron chi connectivity index (χ4n) is 6.15. The number of benzene rings is 2. The zero-order chi connectivity index (χ0) is 29.1. The monoisotopic (exact) mass is 672 g/mol. The number of hydrogen-bond acceptors (Lipinski definition) is 8. The Balaban J connectivity index is 1.55. The Bertz CT molecular complexity index is 1400. The molecule has 0 N–H and O–H groups in total. The van der Waals surface area contributed by atoms with E-state index in [2.05, 4.69) is 27.5 Å². The average Bonchev–Trinajstić information content (AvgIpc) is 2.96. The number of ether oxygens (including phenoxy) is 3. The highest BCUT2D eigenvalue weighted by atomic mass is 127. The van der Waals surface area contributed by atoms with Crippen molar-refractivity contribution in [1.29, 1.82) is 0 Å². The molecule has 3 aliphatic rings. The Kier molecular flexibility index (Phi) is 9.08. The van der Waals surface area contributed by atoms with Crippen LogP contribution >= 0.6 is 22.6 Å². The minimum absolute atomic E-state index is 0.000807. The van der Waals surface area contributed by atoms with Crippen LogP contribution in [0.4, 0.5) is 5.69 Å². The Morgan fingerprint density at radius 3 is 2.29 bits per heavy atom. The Hall–Kier alpha value is -3.25. The minimum atomic E-state index is -0.451. The molecule has 0 saturated heterocycles. The lowest BCUT2D eigenvalue weighted by atomic mass is 9.71. The van der Waals surface area contributed by atoms with Crippen molar-refractivity contribution in [3.63, 3.8) is 0 Å². The number of hydrogen-bond donors (Lipinski definition) is 0. The average molecular weight is 673 g/mol. The van der Waals surface area contributed by atoms with Crippen molar-refractivity contribution in [2.75, 3.05) is 27.4 Å². The van der Waals surface area contributed by atoms with Crippen molar-refractivity contribution in [2.24, 2.45) is 0 Å². The quantitative estimate of drug-likeness (QED) is 0.127. The van der Waals surface area contributed by atoms with Crippen LogP contribution in [0.15, 0.2) is 58.9 Å². The summed E-state index contributed by atoms with van der Waals surface area (Å²) in [4.78, 5) is 40.1. The molecule has 2 aromatic rings. The van der Waals surface area contributed by atoms with Crippen LogP contribution in [0.25, 0.3) is 0 Å². The second-order valence-electron chi connectivity index (χ2n) is 10.5. The lowest BCUT2D eigenvalue weighted by Crippen LogP contribution is -2.39. The molecule has 0 fully saturated rings. The molecule has 0 atom stereocenters. The molecular formula is C31H33IN2O7. The van der Waals surface area contributed by atoms with Gasteiger partial charge in [0.15, 0.2) is 23.1 Å². The van der Waals surface area contributed by atoms with Gasteiger partial charge in [0, 0.05) is 73.7 Å². The van der Waals surface area contributed by atoms with Gasteiger partial charge >= 0.3 is 0 Å².